The summed E-state index contributed by atoms with van der Waals surface area (Å²) in [6, 6.07) is 85.2. The Balaban J connectivity index is 1.09. The molecule has 2 heteroatoms. The average Bonchev–Trinajstić information content (AvgIpc) is 3.60. The Bertz CT molecular complexity index is 3800. The average molecular weight is 829 g/mol. The fraction of sp³-hybridized carbons (Fsp3) is 0.0476. The van der Waals surface area contributed by atoms with Gasteiger partial charge in [0, 0.05) is 38.7 Å². The molecule has 0 unspecified atom stereocenters. The predicted molar refractivity (Wildman–Crippen MR) is 278 cm³/mol. The van der Waals surface area contributed by atoms with Crippen LogP contribution in [-0.4, -0.2) is 0 Å². The molecule has 1 aliphatic rings. The Morgan fingerprint density at radius 1 is 0.292 bits per heavy atom. The molecule has 0 aromatic heterocycles. The molecule has 0 fully saturated rings. The first-order valence-corrected chi connectivity index (χ1v) is 22.7. The van der Waals surface area contributed by atoms with E-state index in [2.05, 4.69) is 254 Å². The van der Waals surface area contributed by atoms with Crippen LogP contribution in [0.2, 0.25) is 0 Å². The molecule has 2 nitrogen and oxygen atoms in total. The number of nitrogens with zero attached hydrogens (tertiary/aromatic N) is 2. The lowest BCUT2D eigenvalue weighted by molar-refractivity contribution is 0.663. The largest absolute Gasteiger partial charge is 0.309 e. The summed E-state index contributed by atoms with van der Waals surface area (Å²) in [6.45, 7) is 4.79. The SMILES string of the molecule is CC1(C)c2cccc3ccc4cc(N(c5ccccc5-c5ccccc5)c5ccc6ccc7c(N(c8ccccc8)c8ccccc8-c8ccccc8)ccc8ccc5c6c87)cc1c4c23. The van der Waals surface area contributed by atoms with Gasteiger partial charge < -0.3 is 9.80 Å². The molecular weight excluding hydrogens is 785 g/mol. The standard InChI is InChI=1S/C63H44N2/c1-63(2)53-26-16-21-43-29-30-46-39-48(40-54(63)62(46)61(43)53)65(56-28-15-13-25-50(56)42-19-8-4-9-20-42)58-38-34-45-31-35-51-57(37-33-44-32-36-52(58)60(45)59(44)51)64(47-22-10-5-11-23-47)55-27-14-12-24-49(55)41-17-6-3-7-18-41/h3-40H,1-2H3. The lowest BCUT2D eigenvalue weighted by atomic mass is 9.81. The second-order valence-corrected chi connectivity index (χ2v) is 18.1. The maximum atomic E-state index is 2.54. The van der Waals surface area contributed by atoms with Crippen molar-refractivity contribution in [1.29, 1.82) is 0 Å². The van der Waals surface area contributed by atoms with Crippen LogP contribution in [0, 0.1) is 0 Å². The molecular formula is C63H44N2. The molecule has 0 saturated carbocycles. The topological polar surface area (TPSA) is 6.48 Å². The van der Waals surface area contributed by atoms with Gasteiger partial charge in [-0.15, -0.1) is 0 Å². The minimum Gasteiger partial charge on any atom is -0.309 e. The van der Waals surface area contributed by atoms with Gasteiger partial charge in [-0.05, 0) is 114 Å². The molecule has 0 bridgehead atoms. The normalized spacial score (nSPS) is 12.9. The van der Waals surface area contributed by atoms with Gasteiger partial charge in [0.25, 0.3) is 0 Å². The van der Waals surface area contributed by atoms with E-state index in [0.29, 0.717) is 0 Å². The van der Waals surface area contributed by atoms with Crippen LogP contribution in [0.4, 0.5) is 34.1 Å². The van der Waals surface area contributed by atoms with Crippen molar-refractivity contribution in [3.8, 4) is 22.3 Å². The zero-order valence-electron chi connectivity index (χ0n) is 36.3. The van der Waals surface area contributed by atoms with Crippen LogP contribution in [0.1, 0.15) is 25.0 Å². The smallest absolute Gasteiger partial charge is 0.0540 e. The lowest BCUT2D eigenvalue weighted by Gasteiger charge is -2.32. The van der Waals surface area contributed by atoms with Gasteiger partial charge in [-0.25, -0.2) is 0 Å². The molecule has 0 radical (unpaired) electrons. The molecule has 12 aromatic rings. The molecule has 0 aliphatic heterocycles. The Hall–Kier alpha value is -8.20. The molecule has 0 N–H and O–H groups in total. The van der Waals surface area contributed by atoms with Crippen LogP contribution in [0.15, 0.2) is 231 Å². The van der Waals surface area contributed by atoms with Crippen LogP contribution in [0.25, 0.3) is 76.1 Å². The van der Waals surface area contributed by atoms with Gasteiger partial charge in [-0.3, -0.25) is 0 Å². The van der Waals surface area contributed by atoms with E-state index in [-0.39, 0.29) is 5.41 Å². The summed E-state index contributed by atoms with van der Waals surface area (Å²) in [5.74, 6) is 0. The highest BCUT2D eigenvalue weighted by atomic mass is 15.2. The quantitative estimate of drug-likeness (QED) is 0.141. The molecule has 306 valence electrons. The van der Waals surface area contributed by atoms with Crippen LogP contribution < -0.4 is 9.80 Å². The van der Waals surface area contributed by atoms with Crippen molar-refractivity contribution in [2.75, 3.05) is 9.80 Å². The van der Waals surface area contributed by atoms with Gasteiger partial charge >= 0.3 is 0 Å². The third-order valence-electron chi connectivity index (χ3n) is 14.1. The maximum absolute atomic E-state index is 2.54. The van der Waals surface area contributed by atoms with E-state index < -0.39 is 0 Å². The highest BCUT2D eigenvalue weighted by Crippen LogP contribution is 2.54. The lowest BCUT2D eigenvalue weighted by Crippen LogP contribution is -2.17. The molecule has 0 atom stereocenters. The Kier molecular flexibility index (Phi) is 8.29. The number of hydrogen-bond donors (Lipinski definition) is 0. The van der Waals surface area contributed by atoms with Crippen molar-refractivity contribution >= 4 is 88.0 Å². The number of anilines is 6. The zero-order chi connectivity index (χ0) is 43.2. The second kappa shape index (κ2) is 14.4. The molecule has 0 amide bonds. The van der Waals surface area contributed by atoms with E-state index in [1.807, 2.05) is 0 Å². The van der Waals surface area contributed by atoms with Crippen molar-refractivity contribution in [2.45, 2.75) is 19.3 Å². The van der Waals surface area contributed by atoms with E-state index in [4.69, 9.17) is 0 Å². The van der Waals surface area contributed by atoms with Crippen molar-refractivity contribution in [3.63, 3.8) is 0 Å². The van der Waals surface area contributed by atoms with E-state index in [0.717, 1.165) is 34.1 Å². The Morgan fingerprint density at radius 2 is 0.738 bits per heavy atom. The zero-order valence-corrected chi connectivity index (χ0v) is 36.3. The third kappa shape index (κ3) is 5.67. The van der Waals surface area contributed by atoms with E-state index in [1.54, 1.807) is 0 Å². The van der Waals surface area contributed by atoms with Crippen LogP contribution in [0.3, 0.4) is 0 Å². The van der Waals surface area contributed by atoms with Gasteiger partial charge in [0.2, 0.25) is 0 Å². The van der Waals surface area contributed by atoms with Gasteiger partial charge in [0.15, 0.2) is 0 Å². The van der Waals surface area contributed by atoms with Gasteiger partial charge in [0.1, 0.15) is 0 Å². The molecule has 1 aliphatic carbocycles. The minimum absolute atomic E-state index is 0.162. The summed E-state index contributed by atoms with van der Waals surface area (Å²) in [4.78, 5) is 4.99. The molecule has 0 spiro atoms. The van der Waals surface area contributed by atoms with Crippen LogP contribution in [-0.2, 0) is 5.41 Å². The maximum Gasteiger partial charge on any atom is 0.0540 e. The molecule has 65 heavy (non-hydrogen) atoms. The van der Waals surface area contributed by atoms with Gasteiger partial charge in [-0.1, -0.05) is 196 Å². The summed E-state index contributed by atoms with van der Waals surface area (Å²) in [5, 5.41) is 12.8. The van der Waals surface area contributed by atoms with Crippen LogP contribution in [0.5, 0.6) is 0 Å². The molecule has 0 saturated heterocycles. The Morgan fingerprint density at radius 3 is 1.32 bits per heavy atom. The van der Waals surface area contributed by atoms with E-state index in [9.17, 15) is 0 Å². The fourth-order valence-corrected chi connectivity index (χ4v) is 11.1. The first kappa shape index (κ1) is 37.4. The van der Waals surface area contributed by atoms with Crippen molar-refractivity contribution in [1.82, 2.24) is 0 Å². The monoisotopic (exact) mass is 828 g/mol. The summed E-state index contributed by atoms with van der Waals surface area (Å²) < 4.78 is 0. The first-order valence-electron chi connectivity index (χ1n) is 22.7. The van der Waals surface area contributed by atoms with Crippen molar-refractivity contribution in [2.24, 2.45) is 0 Å². The van der Waals surface area contributed by atoms with Gasteiger partial charge in [0.05, 0.1) is 22.7 Å². The highest BCUT2D eigenvalue weighted by molar-refractivity contribution is 6.28. The fourth-order valence-electron chi connectivity index (χ4n) is 11.1. The highest BCUT2D eigenvalue weighted by Gasteiger charge is 2.35. The third-order valence-corrected chi connectivity index (χ3v) is 14.1. The van der Waals surface area contributed by atoms with Crippen LogP contribution >= 0.6 is 0 Å². The van der Waals surface area contributed by atoms with Crippen molar-refractivity contribution in [3.05, 3.63) is 242 Å². The predicted octanol–water partition coefficient (Wildman–Crippen LogP) is 17.8. The molecule has 12 aromatic carbocycles. The summed E-state index contributed by atoms with van der Waals surface area (Å²) in [5.41, 5.74) is 14.2. The van der Waals surface area contributed by atoms with Gasteiger partial charge in [-0.2, -0.15) is 0 Å². The van der Waals surface area contributed by atoms with E-state index in [1.165, 1.54) is 87.2 Å². The number of benzene rings is 12. The molecule has 13 rings (SSSR count). The minimum atomic E-state index is -0.162. The number of rotatable bonds is 8. The molecule has 0 heterocycles. The van der Waals surface area contributed by atoms with E-state index >= 15 is 0 Å². The number of hydrogen-bond acceptors (Lipinski definition) is 2. The Labute approximate surface area is 379 Å². The second-order valence-electron chi connectivity index (χ2n) is 18.1. The summed E-state index contributed by atoms with van der Waals surface area (Å²) >= 11 is 0. The van der Waals surface area contributed by atoms with Crippen molar-refractivity contribution < 1.29 is 0 Å². The first-order chi connectivity index (χ1) is 32.0. The summed E-state index contributed by atoms with van der Waals surface area (Å²) in [6.07, 6.45) is 0. The number of para-hydroxylation sites is 3. The summed E-state index contributed by atoms with van der Waals surface area (Å²) in [7, 11) is 0.